The number of carboxylic acid groups (broad SMARTS) is 2. The molecule has 1 atom stereocenters. The molecule has 1 rings (SSSR count). The summed E-state index contributed by atoms with van der Waals surface area (Å²) >= 11 is 0. The van der Waals surface area contributed by atoms with Gasteiger partial charge in [-0.2, -0.15) is 0 Å². The largest absolute Gasteiger partial charge is 0.481 e. The van der Waals surface area contributed by atoms with Crippen LogP contribution in [0, 0.1) is 26.7 Å². The fourth-order valence-electron chi connectivity index (χ4n) is 2.80. The van der Waals surface area contributed by atoms with Crippen molar-refractivity contribution in [2.45, 2.75) is 40.5 Å². The van der Waals surface area contributed by atoms with Crippen molar-refractivity contribution < 1.29 is 19.8 Å². The highest BCUT2D eigenvalue weighted by Gasteiger charge is 2.19. The second-order valence-electron chi connectivity index (χ2n) is 5.93. The molecule has 0 radical (unpaired) electrons. The Morgan fingerprint density at radius 3 is 2.14 bits per heavy atom. The number of aryl methyl sites for hydroxylation is 3. The number of anilines is 1. The van der Waals surface area contributed by atoms with Crippen LogP contribution in [0.25, 0.3) is 0 Å². The first-order valence-electron chi connectivity index (χ1n) is 7.49. The lowest BCUT2D eigenvalue weighted by Crippen LogP contribution is -2.34. The van der Waals surface area contributed by atoms with Gasteiger partial charge in [-0.3, -0.25) is 9.59 Å². The summed E-state index contributed by atoms with van der Waals surface area (Å²) in [4.78, 5) is 23.9. The Balaban J connectivity index is 3.03. The van der Waals surface area contributed by atoms with E-state index >= 15 is 0 Å². The van der Waals surface area contributed by atoms with Gasteiger partial charge in [0, 0.05) is 25.2 Å². The van der Waals surface area contributed by atoms with Gasteiger partial charge in [0.1, 0.15) is 0 Å². The van der Waals surface area contributed by atoms with Crippen LogP contribution in [0.2, 0.25) is 0 Å². The fourth-order valence-corrected chi connectivity index (χ4v) is 2.80. The Bertz CT molecular complexity index is 531. The Labute approximate surface area is 131 Å². The number of carbonyl (C=O) groups is 2. The van der Waals surface area contributed by atoms with Gasteiger partial charge in [-0.05, 0) is 38.3 Å². The molecule has 0 fully saturated rings. The van der Waals surface area contributed by atoms with Crippen LogP contribution in [0.4, 0.5) is 5.69 Å². The average molecular weight is 307 g/mol. The minimum absolute atomic E-state index is 0.0852. The van der Waals surface area contributed by atoms with Gasteiger partial charge in [0.2, 0.25) is 0 Å². The van der Waals surface area contributed by atoms with E-state index in [1.807, 2.05) is 25.7 Å². The zero-order valence-corrected chi connectivity index (χ0v) is 13.7. The molecule has 5 nitrogen and oxygen atoms in total. The van der Waals surface area contributed by atoms with Crippen molar-refractivity contribution in [3.8, 4) is 0 Å². The number of carboxylic acids is 2. The normalized spacial score (nSPS) is 12.0. The van der Waals surface area contributed by atoms with E-state index in [-0.39, 0.29) is 6.42 Å². The number of nitrogens with zero attached hydrogens (tertiary/aromatic N) is 1. The monoisotopic (exact) mass is 307 g/mol. The molecule has 122 valence electrons. The summed E-state index contributed by atoms with van der Waals surface area (Å²) < 4.78 is 0. The van der Waals surface area contributed by atoms with Crippen LogP contribution < -0.4 is 4.90 Å². The molecule has 2 N–H and O–H groups in total. The molecule has 0 spiro atoms. The molecule has 0 saturated heterocycles. The molecule has 5 heteroatoms. The first-order valence-corrected chi connectivity index (χ1v) is 7.49. The van der Waals surface area contributed by atoms with E-state index in [9.17, 15) is 9.59 Å². The number of aliphatic carboxylic acids is 2. The molecule has 0 heterocycles. The summed E-state index contributed by atoms with van der Waals surface area (Å²) in [6.07, 6.45) is 0.580. The van der Waals surface area contributed by atoms with E-state index in [2.05, 4.69) is 12.1 Å². The summed E-state index contributed by atoms with van der Waals surface area (Å²) in [6.45, 7) is 8.62. The molecule has 0 bridgehead atoms. The molecule has 22 heavy (non-hydrogen) atoms. The van der Waals surface area contributed by atoms with Crippen molar-refractivity contribution >= 4 is 17.6 Å². The number of hydrogen-bond acceptors (Lipinski definition) is 3. The summed E-state index contributed by atoms with van der Waals surface area (Å²) in [5, 5.41) is 18.0. The van der Waals surface area contributed by atoms with Crippen molar-refractivity contribution in [1.82, 2.24) is 0 Å². The van der Waals surface area contributed by atoms with Gasteiger partial charge in [0.05, 0.1) is 5.92 Å². The third-order valence-corrected chi connectivity index (χ3v) is 3.69. The van der Waals surface area contributed by atoms with Crippen LogP contribution in [-0.4, -0.2) is 35.2 Å². The van der Waals surface area contributed by atoms with Crippen molar-refractivity contribution in [3.05, 3.63) is 28.8 Å². The predicted octanol–water partition coefficient (Wildman–Crippen LogP) is 3.00. The lowest BCUT2D eigenvalue weighted by molar-refractivity contribution is -0.141. The molecule has 0 aliphatic heterocycles. The molecular formula is C17H25NO4. The van der Waals surface area contributed by atoms with Crippen molar-refractivity contribution in [2.75, 3.05) is 18.0 Å². The van der Waals surface area contributed by atoms with Gasteiger partial charge in [-0.1, -0.05) is 24.6 Å². The van der Waals surface area contributed by atoms with Crippen molar-refractivity contribution in [3.63, 3.8) is 0 Å². The van der Waals surface area contributed by atoms with Gasteiger partial charge < -0.3 is 15.1 Å². The maximum Gasteiger partial charge on any atom is 0.308 e. The van der Waals surface area contributed by atoms with Crippen LogP contribution >= 0.6 is 0 Å². The first kappa shape index (κ1) is 18.0. The zero-order valence-electron chi connectivity index (χ0n) is 13.7. The van der Waals surface area contributed by atoms with Gasteiger partial charge >= 0.3 is 11.9 Å². The highest BCUT2D eigenvalue weighted by atomic mass is 16.4. The Kier molecular flexibility index (Phi) is 6.40. The third-order valence-electron chi connectivity index (χ3n) is 3.69. The quantitative estimate of drug-likeness (QED) is 0.772. The molecule has 1 unspecified atom stereocenters. The molecule has 0 amide bonds. The van der Waals surface area contributed by atoms with E-state index in [0.29, 0.717) is 19.5 Å². The van der Waals surface area contributed by atoms with Gasteiger partial charge in [-0.15, -0.1) is 0 Å². The Morgan fingerprint density at radius 1 is 1.14 bits per heavy atom. The summed E-state index contributed by atoms with van der Waals surface area (Å²) in [7, 11) is 0. The van der Waals surface area contributed by atoms with Crippen LogP contribution in [0.5, 0.6) is 0 Å². The third kappa shape index (κ3) is 5.06. The van der Waals surface area contributed by atoms with Crippen LogP contribution in [0.15, 0.2) is 12.1 Å². The molecule has 0 saturated carbocycles. The van der Waals surface area contributed by atoms with Crippen LogP contribution in [-0.2, 0) is 9.59 Å². The van der Waals surface area contributed by atoms with Crippen LogP contribution in [0.1, 0.15) is 36.5 Å². The van der Waals surface area contributed by atoms with Crippen molar-refractivity contribution in [1.29, 1.82) is 0 Å². The highest BCUT2D eigenvalue weighted by molar-refractivity contribution is 5.71. The summed E-state index contributed by atoms with van der Waals surface area (Å²) in [5.74, 6) is -2.18. The number of rotatable bonds is 8. The highest BCUT2D eigenvalue weighted by Crippen LogP contribution is 2.27. The van der Waals surface area contributed by atoms with Gasteiger partial charge in [0.25, 0.3) is 0 Å². The fraction of sp³-hybridized carbons (Fsp3) is 0.529. The standard InChI is InChI=1S/C17H25NO4/c1-11-8-12(2)16(13(3)9-11)18(7-5-6-15(19)20)10-14(4)17(21)22/h8-9,14H,5-7,10H2,1-4H3,(H,19,20)(H,21,22). The Morgan fingerprint density at radius 2 is 1.68 bits per heavy atom. The summed E-state index contributed by atoms with van der Waals surface area (Å²) in [5.41, 5.74) is 4.36. The minimum atomic E-state index is -0.842. The lowest BCUT2D eigenvalue weighted by atomic mass is 10.0. The SMILES string of the molecule is Cc1cc(C)c(N(CCCC(=O)O)CC(C)C(=O)O)c(C)c1. The van der Waals surface area contributed by atoms with E-state index in [4.69, 9.17) is 10.2 Å². The Hall–Kier alpha value is -2.04. The molecule has 0 aliphatic rings. The molecule has 1 aromatic rings. The predicted molar refractivity (Wildman–Crippen MR) is 86.5 cm³/mol. The topological polar surface area (TPSA) is 77.8 Å². The van der Waals surface area contributed by atoms with E-state index in [1.54, 1.807) is 6.92 Å². The summed E-state index contributed by atoms with van der Waals surface area (Å²) in [6, 6.07) is 4.13. The van der Waals surface area contributed by atoms with Gasteiger partial charge in [0.15, 0.2) is 0 Å². The zero-order chi connectivity index (χ0) is 16.9. The molecule has 0 aliphatic carbocycles. The maximum atomic E-state index is 11.2. The number of hydrogen-bond donors (Lipinski definition) is 2. The molecular weight excluding hydrogens is 282 g/mol. The van der Waals surface area contributed by atoms with Gasteiger partial charge in [-0.25, -0.2) is 0 Å². The van der Waals surface area contributed by atoms with E-state index in [1.165, 1.54) is 0 Å². The molecule has 0 aromatic heterocycles. The second-order valence-corrected chi connectivity index (χ2v) is 5.93. The minimum Gasteiger partial charge on any atom is -0.481 e. The van der Waals surface area contributed by atoms with E-state index < -0.39 is 17.9 Å². The first-order chi connectivity index (χ1) is 10.2. The maximum absolute atomic E-state index is 11.2. The van der Waals surface area contributed by atoms with Crippen molar-refractivity contribution in [2.24, 2.45) is 5.92 Å². The smallest absolute Gasteiger partial charge is 0.308 e. The number of benzene rings is 1. The molecule has 1 aromatic carbocycles. The van der Waals surface area contributed by atoms with Crippen LogP contribution in [0.3, 0.4) is 0 Å². The lowest BCUT2D eigenvalue weighted by Gasteiger charge is -2.30. The van der Waals surface area contributed by atoms with E-state index in [0.717, 1.165) is 22.4 Å². The average Bonchev–Trinajstić information content (AvgIpc) is 2.36. The second kappa shape index (κ2) is 7.82.